The van der Waals surface area contributed by atoms with Gasteiger partial charge in [0.15, 0.2) is 5.16 Å². The number of aliphatic hydroxyl groups excluding tert-OH is 1. The number of halogens is 1. The molecule has 0 saturated carbocycles. The summed E-state index contributed by atoms with van der Waals surface area (Å²) < 4.78 is 3.70. The molecule has 34 heavy (non-hydrogen) atoms. The van der Waals surface area contributed by atoms with Crippen LogP contribution in [0.25, 0.3) is 21.9 Å². The Kier molecular flexibility index (Phi) is 6.41. The third kappa shape index (κ3) is 4.46. The highest BCUT2D eigenvalue weighted by molar-refractivity contribution is 7.98. The second-order valence-electron chi connectivity index (χ2n) is 8.11. The van der Waals surface area contributed by atoms with E-state index in [1.807, 2.05) is 72.2 Å². The van der Waals surface area contributed by atoms with Crippen LogP contribution < -0.4 is 5.56 Å². The maximum atomic E-state index is 13.4. The van der Waals surface area contributed by atoms with Crippen molar-refractivity contribution in [2.45, 2.75) is 30.9 Å². The van der Waals surface area contributed by atoms with Crippen molar-refractivity contribution in [3.05, 3.63) is 99.1 Å². The molecule has 0 atom stereocenters. The number of rotatable bonds is 7. The second kappa shape index (κ2) is 9.62. The molecule has 0 aliphatic heterocycles. The molecule has 0 amide bonds. The highest BCUT2D eigenvalue weighted by Crippen LogP contribution is 2.27. The van der Waals surface area contributed by atoms with Gasteiger partial charge < -0.3 is 9.67 Å². The summed E-state index contributed by atoms with van der Waals surface area (Å²) in [6, 6.07) is 21.1. The number of para-hydroxylation sites is 1. The van der Waals surface area contributed by atoms with Crippen molar-refractivity contribution in [3.63, 3.8) is 0 Å². The van der Waals surface area contributed by atoms with Crippen LogP contribution in [-0.4, -0.2) is 30.8 Å². The SMILES string of the molecule is Cc1ccc(Cn2c(SCc3nc4ccc(Cl)cc4n3CCO)nc3ccccc3c2=O)cc1. The van der Waals surface area contributed by atoms with Crippen LogP contribution in [0.15, 0.2) is 76.7 Å². The van der Waals surface area contributed by atoms with Crippen LogP contribution in [0, 0.1) is 6.92 Å². The Morgan fingerprint density at radius 2 is 1.76 bits per heavy atom. The van der Waals surface area contributed by atoms with Gasteiger partial charge in [-0.05, 0) is 42.8 Å². The van der Waals surface area contributed by atoms with Gasteiger partial charge in [-0.3, -0.25) is 9.36 Å². The molecule has 1 N–H and O–H groups in total. The molecule has 8 heteroatoms. The molecule has 5 rings (SSSR count). The van der Waals surface area contributed by atoms with E-state index in [1.165, 1.54) is 17.3 Å². The lowest BCUT2D eigenvalue weighted by Crippen LogP contribution is -2.24. The van der Waals surface area contributed by atoms with E-state index in [0.29, 0.717) is 39.9 Å². The van der Waals surface area contributed by atoms with E-state index in [0.717, 1.165) is 22.4 Å². The molecular weight excluding hydrogens is 468 g/mol. The molecule has 2 heterocycles. The average Bonchev–Trinajstić information content (AvgIpc) is 3.18. The first-order chi connectivity index (χ1) is 16.5. The molecular formula is C26H23ClN4O2S. The lowest BCUT2D eigenvalue weighted by atomic mass is 10.1. The number of aryl methyl sites for hydroxylation is 1. The number of hydrogen-bond acceptors (Lipinski definition) is 5. The molecule has 3 aromatic carbocycles. The summed E-state index contributed by atoms with van der Waals surface area (Å²) in [5.41, 5.74) is 4.51. The van der Waals surface area contributed by atoms with Gasteiger partial charge in [-0.15, -0.1) is 0 Å². The molecule has 0 fully saturated rings. The summed E-state index contributed by atoms with van der Waals surface area (Å²) in [6.45, 7) is 2.87. The average molecular weight is 491 g/mol. The van der Waals surface area contributed by atoms with Crippen molar-refractivity contribution < 1.29 is 5.11 Å². The number of hydrogen-bond donors (Lipinski definition) is 1. The molecule has 0 aliphatic carbocycles. The van der Waals surface area contributed by atoms with Gasteiger partial charge >= 0.3 is 0 Å². The molecule has 0 spiro atoms. The fourth-order valence-electron chi connectivity index (χ4n) is 4.01. The van der Waals surface area contributed by atoms with Crippen molar-refractivity contribution >= 4 is 45.3 Å². The highest BCUT2D eigenvalue weighted by Gasteiger charge is 2.16. The lowest BCUT2D eigenvalue weighted by Gasteiger charge is -2.14. The number of nitrogens with zero attached hydrogens (tertiary/aromatic N) is 4. The number of benzene rings is 3. The minimum atomic E-state index is -0.0654. The summed E-state index contributed by atoms with van der Waals surface area (Å²) in [4.78, 5) is 23.0. The second-order valence-corrected chi connectivity index (χ2v) is 9.49. The molecule has 0 bridgehead atoms. The summed E-state index contributed by atoms with van der Waals surface area (Å²) in [5, 5.41) is 11.5. The number of aliphatic hydroxyl groups is 1. The normalized spacial score (nSPS) is 11.5. The quantitative estimate of drug-likeness (QED) is 0.255. The zero-order chi connectivity index (χ0) is 23.7. The van der Waals surface area contributed by atoms with Crippen LogP contribution in [-0.2, 0) is 18.8 Å². The van der Waals surface area contributed by atoms with E-state index >= 15 is 0 Å². The fourth-order valence-corrected chi connectivity index (χ4v) is 5.12. The van der Waals surface area contributed by atoms with Crippen molar-refractivity contribution in [2.75, 3.05) is 6.61 Å². The lowest BCUT2D eigenvalue weighted by molar-refractivity contribution is 0.276. The van der Waals surface area contributed by atoms with Gasteiger partial charge in [-0.25, -0.2) is 9.97 Å². The van der Waals surface area contributed by atoms with Gasteiger partial charge in [0, 0.05) is 11.6 Å². The van der Waals surface area contributed by atoms with Gasteiger partial charge in [-0.2, -0.15) is 0 Å². The molecule has 6 nitrogen and oxygen atoms in total. The van der Waals surface area contributed by atoms with E-state index in [4.69, 9.17) is 21.6 Å². The summed E-state index contributed by atoms with van der Waals surface area (Å²) in [7, 11) is 0. The third-order valence-corrected chi connectivity index (χ3v) is 6.94. The van der Waals surface area contributed by atoms with Gasteiger partial charge in [0.25, 0.3) is 5.56 Å². The van der Waals surface area contributed by atoms with Crippen LogP contribution in [0.1, 0.15) is 17.0 Å². The van der Waals surface area contributed by atoms with E-state index < -0.39 is 0 Å². The molecule has 0 aliphatic rings. The Labute approximate surface area is 205 Å². The van der Waals surface area contributed by atoms with E-state index in [2.05, 4.69) is 0 Å². The minimum absolute atomic E-state index is 0.0119. The van der Waals surface area contributed by atoms with Crippen molar-refractivity contribution in [3.8, 4) is 0 Å². The minimum Gasteiger partial charge on any atom is -0.395 e. The molecule has 172 valence electrons. The Hall–Kier alpha value is -3.13. The molecule has 0 unspecified atom stereocenters. The largest absolute Gasteiger partial charge is 0.395 e. The van der Waals surface area contributed by atoms with Crippen LogP contribution in [0.2, 0.25) is 5.02 Å². The maximum Gasteiger partial charge on any atom is 0.262 e. The first-order valence-electron chi connectivity index (χ1n) is 11.0. The Balaban J connectivity index is 1.55. The summed E-state index contributed by atoms with van der Waals surface area (Å²) in [5.74, 6) is 1.28. The predicted molar refractivity (Wildman–Crippen MR) is 138 cm³/mol. The van der Waals surface area contributed by atoms with Crippen molar-refractivity contribution in [1.29, 1.82) is 0 Å². The van der Waals surface area contributed by atoms with Crippen molar-refractivity contribution in [1.82, 2.24) is 19.1 Å². The van der Waals surface area contributed by atoms with E-state index in [1.54, 1.807) is 10.6 Å². The molecule has 0 radical (unpaired) electrons. The number of thioether (sulfide) groups is 1. The van der Waals surface area contributed by atoms with Gasteiger partial charge in [-0.1, -0.05) is 65.3 Å². The number of fused-ring (bicyclic) bond motifs is 2. The first-order valence-corrected chi connectivity index (χ1v) is 12.3. The van der Waals surface area contributed by atoms with Crippen LogP contribution in [0.4, 0.5) is 0 Å². The summed E-state index contributed by atoms with van der Waals surface area (Å²) in [6.07, 6.45) is 0. The zero-order valence-electron chi connectivity index (χ0n) is 18.6. The predicted octanol–water partition coefficient (Wildman–Crippen LogP) is 5.04. The Morgan fingerprint density at radius 3 is 2.56 bits per heavy atom. The molecule has 2 aromatic heterocycles. The molecule has 5 aromatic rings. The fraction of sp³-hybridized carbons (Fsp3) is 0.192. The van der Waals surface area contributed by atoms with Crippen molar-refractivity contribution in [2.24, 2.45) is 0 Å². The van der Waals surface area contributed by atoms with Crippen LogP contribution in [0.3, 0.4) is 0 Å². The first kappa shape index (κ1) is 22.7. The maximum absolute atomic E-state index is 13.4. The van der Waals surface area contributed by atoms with Gasteiger partial charge in [0.1, 0.15) is 5.82 Å². The van der Waals surface area contributed by atoms with E-state index in [9.17, 15) is 9.90 Å². The van der Waals surface area contributed by atoms with Gasteiger partial charge in [0.2, 0.25) is 0 Å². The Morgan fingerprint density at radius 1 is 0.971 bits per heavy atom. The number of aromatic nitrogens is 4. The van der Waals surface area contributed by atoms with Gasteiger partial charge in [0.05, 0.1) is 40.8 Å². The highest BCUT2D eigenvalue weighted by atomic mass is 35.5. The third-order valence-electron chi connectivity index (χ3n) is 5.73. The topological polar surface area (TPSA) is 72.9 Å². The smallest absolute Gasteiger partial charge is 0.262 e. The van der Waals surface area contributed by atoms with E-state index in [-0.39, 0.29) is 12.2 Å². The Bertz CT molecular complexity index is 1540. The molecule has 0 saturated heterocycles. The standard InChI is InChI=1S/C26H23ClN4O2S/c1-17-6-8-18(9-7-17)15-31-25(33)20-4-2-3-5-21(20)29-26(31)34-16-24-28-22-11-10-19(27)14-23(22)30(24)12-13-32/h2-11,14,32H,12-13,15-16H2,1H3. The monoisotopic (exact) mass is 490 g/mol. The zero-order valence-corrected chi connectivity index (χ0v) is 20.2. The summed E-state index contributed by atoms with van der Waals surface area (Å²) >= 11 is 7.66. The van der Waals surface area contributed by atoms with Crippen LogP contribution in [0.5, 0.6) is 0 Å². The number of imidazole rings is 1. The van der Waals surface area contributed by atoms with Crippen LogP contribution >= 0.6 is 23.4 Å².